The quantitative estimate of drug-likeness (QED) is 0.215. The maximum atomic E-state index is 11.5. The van der Waals surface area contributed by atoms with E-state index in [4.69, 9.17) is 52.4 Å². The zero-order valence-electron chi connectivity index (χ0n) is 28.1. The standard InChI is InChI=1S/C36H40Cl2N8O4/c1-48-35-30(16-39-15-22-9-10-32(47)42-22)40-17-28(43-35)26-7-3-5-24(33(26)37)25-6-4-8-27(34(25)38)29-18-41-31(36(44-29)49-2)21-45-19-23(20-45)46-11-13-50-14-12-46/h3-8,17-18,22-23,39H,9-16,19-21H2,1-2H3,(H,42,47). The lowest BCUT2D eigenvalue weighted by Gasteiger charge is -2.46. The Labute approximate surface area is 301 Å². The van der Waals surface area contributed by atoms with Gasteiger partial charge in [0.05, 0.1) is 61.3 Å². The number of aromatic nitrogens is 4. The number of hydrogen-bond acceptors (Lipinski definition) is 11. The minimum atomic E-state index is 0.0874. The van der Waals surface area contributed by atoms with Crippen LogP contribution in [0.2, 0.25) is 10.0 Å². The summed E-state index contributed by atoms with van der Waals surface area (Å²) in [6, 6.07) is 12.2. The zero-order chi connectivity index (χ0) is 34.6. The summed E-state index contributed by atoms with van der Waals surface area (Å²) in [6.07, 6.45) is 4.82. The molecule has 0 aliphatic carbocycles. The SMILES string of the molecule is COc1nc(-c2cccc(-c3cccc(-c4cnc(CN5CC(N6CCOCC6)C5)c(OC)n4)c3Cl)c2Cl)cnc1CNCC1CCC(=O)N1. The van der Waals surface area contributed by atoms with Crippen molar-refractivity contribution in [2.24, 2.45) is 0 Å². The van der Waals surface area contributed by atoms with Gasteiger partial charge in [0.25, 0.3) is 0 Å². The van der Waals surface area contributed by atoms with Crippen molar-refractivity contribution in [3.63, 3.8) is 0 Å². The molecule has 2 aromatic carbocycles. The number of nitrogens with one attached hydrogen (secondary N) is 2. The molecule has 3 saturated heterocycles. The Morgan fingerprint density at radius 1 is 0.880 bits per heavy atom. The molecule has 0 radical (unpaired) electrons. The number of halogens is 2. The fourth-order valence-corrected chi connectivity index (χ4v) is 7.39. The summed E-state index contributed by atoms with van der Waals surface area (Å²) in [7, 11) is 3.18. The van der Waals surface area contributed by atoms with Gasteiger partial charge in [0.2, 0.25) is 17.7 Å². The average molecular weight is 720 g/mol. The number of ether oxygens (including phenoxy) is 3. The number of methoxy groups -OCH3 is 2. The van der Waals surface area contributed by atoms with Crippen LogP contribution in [-0.4, -0.2) is 108 Å². The Hall–Kier alpha value is -3.91. The molecule has 3 aliphatic heterocycles. The largest absolute Gasteiger partial charge is 0.480 e. The summed E-state index contributed by atoms with van der Waals surface area (Å²) in [4.78, 5) is 35.3. The number of nitrogens with zero attached hydrogens (tertiary/aromatic N) is 6. The highest BCUT2D eigenvalue weighted by Gasteiger charge is 2.33. The van der Waals surface area contributed by atoms with Gasteiger partial charge in [-0.2, -0.15) is 0 Å². The van der Waals surface area contributed by atoms with Gasteiger partial charge in [0, 0.05) is 86.6 Å². The maximum Gasteiger partial charge on any atom is 0.237 e. The van der Waals surface area contributed by atoms with Crippen molar-refractivity contribution < 1.29 is 19.0 Å². The van der Waals surface area contributed by atoms with Gasteiger partial charge in [-0.05, 0) is 6.42 Å². The third-order valence-electron chi connectivity index (χ3n) is 9.49. The highest BCUT2D eigenvalue weighted by molar-refractivity contribution is 6.39. The third-order valence-corrected chi connectivity index (χ3v) is 10.3. The second kappa shape index (κ2) is 15.5. The van der Waals surface area contributed by atoms with Crippen molar-refractivity contribution in [1.82, 2.24) is 40.4 Å². The second-order valence-electron chi connectivity index (χ2n) is 12.7. The van der Waals surface area contributed by atoms with Crippen molar-refractivity contribution in [1.29, 1.82) is 0 Å². The van der Waals surface area contributed by atoms with Gasteiger partial charge in [0.15, 0.2) is 0 Å². The lowest BCUT2D eigenvalue weighted by Crippen LogP contribution is -2.60. The van der Waals surface area contributed by atoms with E-state index in [0.717, 1.165) is 68.2 Å². The molecule has 3 fully saturated rings. The minimum absolute atomic E-state index is 0.0874. The van der Waals surface area contributed by atoms with Gasteiger partial charge < -0.3 is 24.8 Å². The van der Waals surface area contributed by atoms with Crippen LogP contribution in [0, 0.1) is 0 Å². The fourth-order valence-electron chi connectivity index (χ4n) is 6.74. The van der Waals surface area contributed by atoms with E-state index in [1.807, 2.05) is 36.4 Å². The van der Waals surface area contributed by atoms with Crippen molar-refractivity contribution in [2.45, 2.75) is 38.0 Å². The van der Waals surface area contributed by atoms with Crippen LogP contribution in [0.3, 0.4) is 0 Å². The lowest BCUT2D eigenvalue weighted by atomic mass is 9.98. The molecule has 2 aromatic heterocycles. The molecule has 0 spiro atoms. The first-order valence-electron chi connectivity index (χ1n) is 16.8. The molecule has 1 unspecified atom stereocenters. The molecule has 1 amide bonds. The molecule has 3 aliphatic rings. The summed E-state index contributed by atoms with van der Waals surface area (Å²) in [5, 5.41) is 7.27. The van der Waals surface area contributed by atoms with Gasteiger partial charge in [-0.15, -0.1) is 0 Å². The van der Waals surface area contributed by atoms with E-state index in [-0.39, 0.29) is 11.9 Å². The van der Waals surface area contributed by atoms with E-state index in [9.17, 15) is 4.79 Å². The third kappa shape index (κ3) is 7.41. The number of benzene rings is 2. The van der Waals surface area contributed by atoms with Gasteiger partial charge in [0.1, 0.15) is 11.4 Å². The second-order valence-corrected chi connectivity index (χ2v) is 13.4. The highest BCUT2D eigenvalue weighted by Crippen LogP contribution is 2.42. The minimum Gasteiger partial charge on any atom is -0.480 e. The van der Waals surface area contributed by atoms with Crippen LogP contribution in [-0.2, 0) is 22.6 Å². The first-order valence-corrected chi connectivity index (χ1v) is 17.6. The Balaban J connectivity index is 1.07. The predicted molar refractivity (Wildman–Crippen MR) is 191 cm³/mol. The molecule has 50 heavy (non-hydrogen) atoms. The monoisotopic (exact) mass is 718 g/mol. The van der Waals surface area contributed by atoms with Crippen molar-refractivity contribution in [2.75, 3.05) is 60.2 Å². The number of hydrogen-bond donors (Lipinski definition) is 2. The molecule has 4 aromatic rings. The fraction of sp³-hybridized carbons (Fsp3) is 0.417. The summed E-state index contributed by atoms with van der Waals surface area (Å²) >= 11 is 14.2. The van der Waals surface area contributed by atoms with Gasteiger partial charge in [-0.3, -0.25) is 24.6 Å². The number of rotatable bonds is 12. The number of carbonyl (C=O) groups excluding carboxylic acids is 1. The number of amides is 1. The van der Waals surface area contributed by atoms with Crippen molar-refractivity contribution in [3.05, 3.63) is 70.2 Å². The molecule has 1 atom stereocenters. The highest BCUT2D eigenvalue weighted by atomic mass is 35.5. The van der Waals surface area contributed by atoms with E-state index in [1.54, 1.807) is 26.6 Å². The average Bonchev–Trinajstić information content (AvgIpc) is 3.55. The molecular formula is C36H40Cl2N8O4. The van der Waals surface area contributed by atoms with Gasteiger partial charge >= 0.3 is 0 Å². The van der Waals surface area contributed by atoms with Crippen LogP contribution in [0.4, 0.5) is 0 Å². The van der Waals surface area contributed by atoms with E-state index in [1.165, 1.54) is 0 Å². The summed E-state index contributed by atoms with van der Waals surface area (Å²) in [5.41, 5.74) is 5.52. The number of morpholine rings is 1. The Kier molecular flexibility index (Phi) is 10.7. The van der Waals surface area contributed by atoms with Crippen LogP contribution in [0.25, 0.3) is 33.6 Å². The first-order chi connectivity index (χ1) is 24.4. The molecule has 7 rings (SSSR count). The van der Waals surface area contributed by atoms with Crippen LogP contribution in [0.5, 0.6) is 11.8 Å². The van der Waals surface area contributed by atoms with Crippen LogP contribution >= 0.6 is 23.2 Å². The first kappa shape index (κ1) is 34.5. The van der Waals surface area contributed by atoms with Crippen LogP contribution < -0.4 is 20.1 Å². The smallest absolute Gasteiger partial charge is 0.237 e. The van der Waals surface area contributed by atoms with Crippen LogP contribution in [0.15, 0.2) is 48.8 Å². The molecular weight excluding hydrogens is 679 g/mol. The summed E-state index contributed by atoms with van der Waals surface area (Å²) in [6.45, 7) is 7.32. The molecule has 12 nitrogen and oxygen atoms in total. The van der Waals surface area contributed by atoms with Crippen molar-refractivity contribution in [3.8, 4) is 45.4 Å². The molecule has 14 heteroatoms. The Morgan fingerprint density at radius 3 is 2.04 bits per heavy atom. The topological polar surface area (TPSA) is 127 Å². The molecule has 0 saturated carbocycles. The van der Waals surface area contributed by atoms with Gasteiger partial charge in [-0.25, -0.2) is 9.97 Å². The molecule has 262 valence electrons. The predicted octanol–water partition coefficient (Wildman–Crippen LogP) is 4.48. The molecule has 5 heterocycles. The summed E-state index contributed by atoms with van der Waals surface area (Å²) < 4.78 is 16.8. The zero-order valence-corrected chi connectivity index (χ0v) is 29.6. The van der Waals surface area contributed by atoms with Crippen LogP contribution in [0.1, 0.15) is 24.2 Å². The van der Waals surface area contributed by atoms with E-state index in [0.29, 0.717) is 76.5 Å². The number of carbonyl (C=O) groups is 1. The lowest BCUT2D eigenvalue weighted by molar-refractivity contribution is -0.119. The normalized spacial score (nSPS) is 18.6. The van der Waals surface area contributed by atoms with E-state index in [2.05, 4.69) is 25.4 Å². The summed E-state index contributed by atoms with van der Waals surface area (Å²) in [5.74, 6) is 0.966. The van der Waals surface area contributed by atoms with E-state index >= 15 is 0 Å². The molecule has 0 bridgehead atoms. The number of likely N-dealkylation sites (tertiary alicyclic amines) is 1. The molecule has 2 N–H and O–H groups in total. The Bertz CT molecular complexity index is 1850. The maximum absolute atomic E-state index is 11.5. The van der Waals surface area contributed by atoms with Crippen molar-refractivity contribution >= 4 is 29.1 Å². The van der Waals surface area contributed by atoms with E-state index < -0.39 is 0 Å². The van der Waals surface area contributed by atoms with Gasteiger partial charge in [-0.1, -0.05) is 59.6 Å². The Morgan fingerprint density at radius 2 is 1.46 bits per heavy atom.